The molecule has 5 nitrogen and oxygen atoms in total. The molecule has 0 radical (unpaired) electrons. The molecule has 1 aliphatic carbocycles. The minimum atomic E-state index is -0.981. The quantitative estimate of drug-likeness (QED) is 0.722. The van der Waals surface area contributed by atoms with Gasteiger partial charge in [0.25, 0.3) is 0 Å². The fourth-order valence-corrected chi connectivity index (χ4v) is 2.32. The second kappa shape index (κ2) is 7.95. The highest BCUT2D eigenvalue weighted by Crippen LogP contribution is 2.16. The zero-order valence-electron chi connectivity index (χ0n) is 11.1. The highest BCUT2D eigenvalue weighted by Gasteiger charge is 2.19. The highest BCUT2D eigenvalue weighted by molar-refractivity contribution is 5.82. The molecule has 0 aliphatic heterocycles. The maximum Gasteiger partial charge on any atom is 0.326 e. The Kier molecular flexibility index (Phi) is 6.54. The van der Waals surface area contributed by atoms with Crippen molar-refractivity contribution in [2.45, 2.75) is 70.4 Å². The van der Waals surface area contributed by atoms with Crippen molar-refractivity contribution in [2.24, 2.45) is 0 Å². The van der Waals surface area contributed by atoms with E-state index in [0.29, 0.717) is 6.42 Å². The molecule has 104 valence electrons. The Morgan fingerprint density at radius 3 is 2.22 bits per heavy atom. The second-order valence-corrected chi connectivity index (χ2v) is 4.96. The largest absolute Gasteiger partial charge is 0.480 e. The van der Waals surface area contributed by atoms with Gasteiger partial charge >= 0.3 is 12.0 Å². The number of hydrogen-bond acceptors (Lipinski definition) is 2. The van der Waals surface area contributed by atoms with Gasteiger partial charge in [-0.05, 0) is 19.3 Å². The zero-order valence-corrected chi connectivity index (χ0v) is 11.1. The van der Waals surface area contributed by atoms with Crippen LogP contribution in [0.2, 0.25) is 0 Å². The molecule has 1 aliphatic rings. The molecule has 5 heteroatoms. The molecular formula is C13H24N2O3. The monoisotopic (exact) mass is 256 g/mol. The molecule has 1 fully saturated rings. The first-order valence-corrected chi connectivity index (χ1v) is 6.93. The topological polar surface area (TPSA) is 78.4 Å². The normalized spacial score (nSPS) is 19.4. The van der Waals surface area contributed by atoms with Gasteiger partial charge in [0.2, 0.25) is 0 Å². The van der Waals surface area contributed by atoms with Gasteiger partial charge < -0.3 is 15.7 Å². The average Bonchev–Trinajstić information content (AvgIpc) is 2.29. The maximum absolute atomic E-state index is 11.7. The number of carboxylic acid groups (broad SMARTS) is 1. The van der Waals surface area contributed by atoms with E-state index in [2.05, 4.69) is 10.6 Å². The fraction of sp³-hybridized carbons (Fsp3) is 0.846. The molecule has 0 bridgehead atoms. The fourth-order valence-electron chi connectivity index (χ4n) is 2.32. The number of urea groups is 1. The molecule has 1 atom stereocenters. The molecule has 0 saturated heterocycles. The van der Waals surface area contributed by atoms with Crippen LogP contribution >= 0.6 is 0 Å². The lowest BCUT2D eigenvalue weighted by Gasteiger charge is -2.22. The van der Waals surface area contributed by atoms with Crippen molar-refractivity contribution < 1.29 is 14.7 Å². The Morgan fingerprint density at radius 2 is 1.72 bits per heavy atom. The van der Waals surface area contributed by atoms with E-state index in [1.165, 1.54) is 19.3 Å². The number of amides is 2. The van der Waals surface area contributed by atoms with Crippen LogP contribution in [-0.4, -0.2) is 29.2 Å². The summed E-state index contributed by atoms with van der Waals surface area (Å²) in [5.41, 5.74) is 0. The third-order valence-electron chi connectivity index (χ3n) is 3.45. The average molecular weight is 256 g/mol. The number of hydrogen-bond donors (Lipinski definition) is 3. The van der Waals surface area contributed by atoms with Crippen molar-refractivity contribution in [3.05, 3.63) is 0 Å². The Bertz CT molecular complexity index is 273. The van der Waals surface area contributed by atoms with Gasteiger partial charge in [-0.15, -0.1) is 0 Å². The van der Waals surface area contributed by atoms with E-state index in [1.54, 1.807) is 6.92 Å². The second-order valence-electron chi connectivity index (χ2n) is 4.96. The highest BCUT2D eigenvalue weighted by atomic mass is 16.4. The lowest BCUT2D eigenvalue weighted by atomic mass is 9.97. The third kappa shape index (κ3) is 5.38. The summed E-state index contributed by atoms with van der Waals surface area (Å²) in [4.78, 5) is 22.5. The SMILES string of the molecule is CC[C@@H](NC(=O)NC1CCCCCCC1)C(=O)O. The van der Waals surface area contributed by atoms with Gasteiger partial charge in [0.15, 0.2) is 0 Å². The van der Waals surface area contributed by atoms with Gasteiger partial charge in [0.1, 0.15) is 6.04 Å². The molecule has 1 saturated carbocycles. The predicted octanol–water partition coefficient (Wildman–Crippen LogP) is 2.26. The molecule has 0 aromatic heterocycles. The van der Waals surface area contributed by atoms with E-state index in [4.69, 9.17) is 5.11 Å². The Hall–Kier alpha value is -1.26. The first-order valence-electron chi connectivity index (χ1n) is 6.93. The lowest BCUT2D eigenvalue weighted by Crippen LogP contribution is -2.48. The van der Waals surface area contributed by atoms with Crippen LogP contribution in [0.15, 0.2) is 0 Å². The summed E-state index contributed by atoms with van der Waals surface area (Å²) in [5, 5.41) is 14.3. The summed E-state index contributed by atoms with van der Waals surface area (Å²) >= 11 is 0. The minimum absolute atomic E-state index is 0.191. The molecule has 2 amide bonds. The summed E-state index contributed by atoms with van der Waals surface area (Å²) in [6.07, 6.45) is 8.42. The molecule has 0 aromatic carbocycles. The number of nitrogens with one attached hydrogen (secondary N) is 2. The Morgan fingerprint density at radius 1 is 1.17 bits per heavy atom. The molecule has 0 aromatic rings. The van der Waals surface area contributed by atoms with Crippen molar-refractivity contribution >= 4 is 12.0 Å². The van der Waals surface area contributed by atoms with Crippen LogP contribution in [0.5, 0.6) is 0 Å². The van der Waals surface area contributed by atoms with E-state index < -0.39 is 12.0 Å². The molecule has 18 heavy (non-hydrogen) atoms. The summed E-state index contributed by atoms with van der Waals surface area (Å²) in [7, 11) is 0. The number of carboxylic acids is 1. The molecule has 0 unspecified atom stereocenters. The summed E-state index contributed by atoms with van der Waals surface area (Å²) < 4.78 is 0. The van der Waals surface area contributed by atoms with Crippen LogP contribution < -0.4 is 10.6 Å². The van der Waals surface area contributed by atoms with Gasteiger partial charge in [-0.3, -0.25) is 0 Å². The molecule has 0 spiro atoms. The smallest absolute Gasteiger partial charge is 0.326 e. The number of rotatable bonds is 4. The van der Waals surface area contributed by atoms with E-state index in [1.807, 2.05) is 0 Å². The van der Waals surface area contributed by atoms with Crippen LogP contribution in [0.3, 0.4) is 0 Å². The van der Waals surface area contributed by atoms with Gasteiger partial charge in [-0.25, -0.2) is 9.59 Å². The molecular weight excluding hydrogens is 232 g/mol. The van der Waals surface area contributed by atoms with Gasteiger partial charge in [-0.2, -0.15) is 0 Å². The van der Waals surface area contributed by atoms with Gasteiger partial charge in [0, 0.05) is 6.04 Å². The van der Waals surface area contributed by atoms with E-state index in [-0.39, 0.29) is 12.1 Å². The Labute approximate surface area is 108 Å². The molecule has 3 N–H and O–H groups in total. The van der Waals surface area contributed by atoms with Crippen molar-refractivity contribution in [2.75, 3.05) is 0 Å². The van der Waals surface area contributed by atoms with Crippen LogP contribution in [0.1, 0.15) is 58.3 Å². The lowest BCUT2D eigenvalue weighted by molar-refractivity contribution is -0.139. The third-order valence-corrected chi connectivity index (χ3v) is 3.45. The minimum Gasteiger partial charge on any atom is -0.480 e. The van der Waals surface area contributed by atoms with E-state index >= 15 is 0 Å². The van der Waals surface area contributed by atoms with Crippen LogP contribution in [0.4, 0.5) is 4.79 Å². The van der Waals surface area contributed by atoms with Crippen molar-refractivity contribution in [1.29, 1.82) is 0 Å². The summed E-state index contributed by atoms with van der Waals surface area (Å²) in [5.74, 6) is -0.981. The first kappa shape index (κ1) is 14.8. The standard InChI is InChI=1S/C13H24N2O3/c1-2-11(12(16)17)15-13(18)14-10-8-6-4-3-5-7-9-10/h10-11H,2-9H2,1H3,(H,16,17)(H2,14,15,18)/t11-/m1/s1. The summed E-state index contributed by atoms with van der Waals surface area (Å²) in [6, 6.07) is -0.954. The van der Waals surface area contributed by atoms with E-state index in [9.17, 15) is 9.59 Å². The van der Waals surface area contributed by atoms with Crippen molar-refractivity contribution in [3.63, 3.8) is 0 Å². The van der Waals surface area contributed by atoms with Crippen LogP contribution in [0.25, 0.3) is 0 Å². The van der Waals surface area contributed by atoms with Crippen molar-refractivity contribution in [3.8, 4) is 0 Å². The predicted molar refractivity (Wildman–Crippen MR) is 69.5 cm³/mol. The molecule has 1 rings (SSSR count). The number of carbonyl (C=O) groups excluding carboxylic acids is 1. The zero-order chi connectivity index (χ0) is 13.4. The number of aliphatic carboxylic acids is 1. The summed E-state index contributed by atoms with van der Waals surface area (Å²) in [6.45, 7) is 1.74. The van der Waals surface area contributed by atoms with Crippen LogP contribution in [0, 0.1) is 0 Å². The van der Waals surface area contributed by atoms with Gasteiger partial charge in [-0.1, -0.05) is 39.0 Å². The first-order chi connectivity index (χ1) is 8.63. The number of carbonyl (C=O) groups is 2. The Balaban J connectivity index is 2.35. The van der Waals surface area contributed by atoms with Gasteiger partial charge in [0.05, 0.1) is 0 Å². The van der Waals surface area contributed by atoms with E-state index in [0.717, 1.165) is 25.7 Å². The maximum atomic E-state index is 11.7. The van der Waals surface area contributed by atoms with Crippen molar-refractivity contribution in [1.82, 2.24) is 10.6 Å². The van der Waals surface area contributed by atoms with Crippen LogP contribution in [-0.2, 0) is 4.79 Å². The molecule has 0 heterocycles.